The van der Waals surface area contributed by atoms with E-state index in [0.29, 0.717) is 6.54 Å². The third kappa shape index (κ3) is 5.46. The molecule has 0 spiro atoms. The van der Waals surface area contributed by atoms with Crippen molar-refractivity contribution in [3.8, 4) is 0 Å². The number of halogens is 2. The van der Waals surface area contributed by atoms with Gasteiger partial charge in [0.25, 0.3) is 5.91 Å². The third-order valence-corrected chi connectivity index (χ3v) is 3.74. The number of amides is 1. The van der Waals surface area contributed by atoms with Gasteiger partial charge in [0.1, 0.15) is 5.82 Å². The zero-order chi connectivity index (χ0) is 18.4. The van der Waals surface area contributed by atoms with Crippen LogP contribution in [0.1, 0.15) is 15.9 Å². The Morgan fingerprint density at radius 3 is 2.44 bits per heavy atom. The zero-order valence-electron chi connectivity index (χ0n) is 13.9. The summed E-state index contributed by atoms with van der Waals surface area (Å²) in [4.78, 5) is 25.6. The van der Waals surface area contributed by atoms with Crippen LogP contribution in [-0.2, 0) is 16.1 Å². The quantitative estimate of drug-likeness (QED) is 0.800. The Morgan fingerprint density at radius 1 is 1.16 bits per heavy atom. The molecule has 2 aromatic carbocycles. The van der Waals surface area contributed by atoms with Crippen LogP contribution in [0.2, 0.25) is 5.02 Å². The van der Waals surface area contributed by atoms with Gasteiger partial charge in [-0.2, -0.15) is 0 Å². The van der Waals surface area contributed by atoms with E-state index in [1.54, 1.807) is 0 Å². The molecular weight excluding hydrogens is 347 g/mol. The van der Waals surface area contributed by atoms with Crippen LogP contribution in [-0.4, -0.2) is 32.6 Å². The fourth-order valence-corrected chi connectivity index (χ4v) is 2.27. The number of ether oxygens (including phenoxy) is 1. The van der Waals surface area contributed by atoms with Gasteiger partial charge in [-0.05, 0) is 35.9 Å². The number of esters is 1. The highest BCUT2D eigenvalue weighted by atomic mass is 35.5. The zero-order valence-corrected chi connectivity index (χ0v) is 14.6. The van der Waals surface area contributed by atoms with Gasteiger partial charge in [0.05, 0.1) is 10.6 Å². The summed E-state index contributed by atoms with van der Waals surface area (Å²) in [5.41, 5.74) is 1.99. The first-order chi connectivity index (χ1) is 11.9. The largest absolute Gasteiger partial charge is 0.452 e. The van der Waals surface area contributed by atoms with Crippen molar-refractivity contribution in [1.29, 1.82) is 0 Å². The van der Waals surface area contributed by atoms with Gasteiger partial charge in [-0.1, -0.05) is 23.7 Å². The lowest BCUT2D eigenvalue weighted by Crippen LogP contribution is -2.28. The number of nitrogens with zero attached hydrogens (tertiary/aromatic N) is 1. The van der Waals surface area contributed by atoms with E-state index in [0.717, 1.165) is 23.4 Å². The summed E-state index contributed by atoms with van der Waals surface area (Å²) in [5.74, 6) is -1.78. The van der Waals surface area contributed by atoms with Crippen molar-refractivity contribution in [2.24, 2.45) is 0 Å². The van der Waals surface area contributed by atoms with Gasteiger partial charge in [-0.15, -0.1) is 0 Å². The van der Waals surface area contributed by atoms with Crippen LogP contribution >= 0.6 is 11.6 Å². The minimum atomic E-state index is -0.782. The van der Waals surface area contributed by atoms with Crippen LogP contribution in [0.4, 0.5) is 10.1 Å². The minimum Gasteiger partial charge on any atom is -0.452 e. The van der Waals surface area contributed by atoms with Crippen LogP contribution in [0, 0.1) is 5.82 Å². The first-order valence-electron chi connectivity index (χ1n) is 7.52. The molecule has 0 bridgehead atoms. The summed E-state index contributed by atoms with van der Waals surface area (Å²) >= 11 is 5.77. The van der Waals surface area contributed by atoms with E-state index in [2.05, 4.69) is 5.32 Å². The molecular formula is C18H18ClFN2O3. The lowest BCUT2D eigenvalue weighted by Gasteiger charge is -2.13. The molecule has 2 rings (SSSR count). The van der Waals surface area contributed by atoms with Gasteiger partial charge >= 0.3 is 5.97 Å². The Kier molecular flexibility index (Phi) is 6.36. The average Bonchev–Trinajstić information content (AvgIpc) is 2.58. The topological polar surface area (TPSA) is 58.6 Å². The van der Waals surface area contributed by atoms with Crippen LogP contribution < -0.4 is 10.2 Å². The number of carbonyl (C=O) groups is 2. The van der Waals surface area contributed by atoms with E-state index in [1.807, 2.05) is 43.3 Å². The maximum atomic E-state index is 13.0. The fraction of sp³-hybridized carbons (Fsp3) is 0.222. The summed E-state index contributed by atoms with van der Waals surface area (Å²) in [5, 5.41) is 2.59. The lowest BCUT2D eigenvalue weighted by molar-refractivity contribution is -0.124. The maximum Gasteiger partial charge on any atom is 0.340 e. The molecule has 0 saturated carbocycles. The van der Waals surface area contributed by atoms with E-state index in [-0.39, 0.29) is 10.6 Å². The van der Waals surface area contributed by atoms with Crippen LogP contribution in [0.5, 0.6) is 0 Å². The molecule has 1 amide bonds. The van der Waals surface area contributed by atoms with Crippen LogP contribution in [0.3, 0.4) is 0 Å². The smallest absolute Gasteiger partial charge is 0.340 e. The second-order valence-electron chi connectivity index (χ2n) is 5.54. The molecule has 7 heteroatoms. The van der Waals surface area contributed by atoms with Crippen molar-refractivity contribution in [3.63, 3.8) is 0 Å². The summed E-state index contributed by atoms with van der Waals surface area (Å²) in [6.07, 6.45) is 0. The number of hydrogen-bond acceptors (Lipinski definition) is 4. The molecule has 0 aromatic heterocycles. The molecule has 0 radical (unpaired) electrons. The molecule has 5 nitrogen and oxygen atoms in total. The molecule has 0 saturated heterocycles. The summed E-state index contributed by atoms with van der Waals surface area (Å²) in [6, 6.07) is 11.0. The molecule has 1 N–H and O–H groups in total. The van der Waals surface area contributed by atoms with Crippen molar-refractivity contribution in [2.45, 2.75) is 6.54 Å². The van der Waals surface area contributed by atoms with Crippen molar-refractivity contribution in [3.05, 3.63) is 64.4 Å². The molecule has 2 aromatic rings. The lowest BCUT2D eigenvalue weighted by atomic mass is 10.2. The van der Waals surface area contributed by atoms with E-state index < -0.39 is 24.3 Å². The van der Waals surface area contributed by atoms with Crippen LogP contribution in [0.15, 0.2) is 42.5 Å². The normalized spacial score (nSPS) is 10.2. The van der Waals surface area contributed by atoms with Gasteiger partial charge < -0.3 is 15.0 Å². The highest BCUT2D eigenvalue weighted by molar-refractivity contribution is 6.33. The minimum absolute atomic E-state index is 0.00939. The monoisotopic (exact) mass is 364 g/mol. The molecule has 0 heterocycles. The van der Waals surface area contributed by atoms with Gasteiger partial charge in [-0.3, -0.25) is 4.79 Å². The Bertz CT molecular complexity index is 763. The Balaban J connectivity index is 1.81. The van der Waals surface area contributed by atoms with E-state index >= 15 is 0 Å². The first kappa shape index (κ1) is 18.7. The highest BCUT2D eigenvalue weighted by Gasteiger charge is 2.14. The standard InChI is InChI=1S/C18H18ClFN2O3/c1-22(2)14-6-3-12(4-7-14)10-21-17(23)11-25-18(24)15-8-5-13(20)9-16(15)19/h3-9H,10-11H2,1-2H3,(H,21,23). The Morgan fingerprint density at radius 2 is 1.84 bits per heavy atom. The molecule has 0 aliphatic carbocycles. The number of benzene rings is 2. The van der Waals surface area contributed by atoms with Crippen molar-refractivity contribution in [2.75, 3.05) is 25.6 Å². The van der Waals surface area contributed by atoms with Crippen LogP contribution in [0.25, 0.3) is 0 Å². The summed E-state index contributed by atoms with van der Waals surface area (Å²) in [7, 11) is 3.89. The van der Waals surface area contributed by atoms with Crippen molar-refractivity contribution in [1.82, 2.24) is 5.32 Å². The number of nitrogens with one attached hydrogen (secondary N) is 1. The molecule has 132 valence electrons. The molecule has 0 aliphatic rings. The predicted octanol–water partition coefficient (Wildman–Crippen LogP) is 3.02. The van der Waals surface area contributed by atoms with Gasteiger partial charge in [-0.25, -0.2) is 9.18 Å². The molecule has 0 unspecified atom stereocenters. The number of anilines is 1. The van der Waals surface area contributed by atoms with E-state index in [9.17, 15) is 14.0 Å². The molecule has 25 heavy (non-hydrogen) atoms. The second kappa shape index (κ2) is 8.48. The second-order valence-corrected chi connectivity index (χ2v) is 5.95. The highest BCUT2D eigenvalue weighted by Crippen LogP contribution is 2.18. The summed E-state index contributed by atoms with van der Waals surface area (Å²) < 4.78 is 17.8. The van der Waals surface area contributed by atoms with E-state index in [4.69, 9.17) is 16.3 Å². The molecule has 0 aliphatic heterocycles. The number of hydrogen-bond donors (Lipinski definition) is 1. The Hall–Kier alpha value is -2.60. The van der Waals surface area contributed by atoms with E-state index in [1.165, 1.54) is 6.07 Å². The number of carbonyl (C=O) groups excluding carboxylic acids is 2. The summed E-state index contributed by atoms with van der Waals surface area (Å²) in [6.45, 7) is -0.121. The van der Waals surface area contributed by atoms with Crippen molar-refractivity contribution >= 4 is 29.2 Å². The fourth-order valence-electron chi connectivity index (χ4n) is 2.03. The maximum absolute atomic E-state index is 13.0. The SMILES string of the molecule is CN(C)c1ccc(CNC(=O)COC(=O)c2ccc(F)cc2Cl)cc1. The average molecular weight is 365 g/mol. The molecule has 0 atom stereocenters. The molecule has 0 fully saturated rings. The Labute approximate surface area is 150 Å². The van der Waals surface area contributed by atoms with Gasteiger partial charge in [0.2, 0.25) is 0 Å². The van der Waals surface area contributed by atoms with Gasteiger partial charge in [0, 0.05) is 26.3 Å². The first-order valence-corrected chi connectivity index (χ1v) is 7.90. The predicted molar refractivity (Wildman–Crippen MR) is 94.3 cm³/mol. The number of rotatable bonds is 6. The third-order valence-electron chi connectivity index (χ3n) is 3.43. The van der Waals surface area contributed by atoms with Gasteiger partial charge in [0.15, 0.2) is 6.61 Å². The van der Waals surface area contributed by atoms with Crippen molar-refractivity contribution < 1.29 is 18.7 Å².